The Morgan fingerprint density at radius 1 is 1.37 bits per heavy atom. The molecular formula is C17H26BrN. The molecule has 1 fully saturated rings. The zero-order chi connectivity index (χ0) is 13.8. The van der Waals surface area contributed by atoms with Gasteiger partial charge in [-0.25, -0.2) is 0 Å². The molecule has 0 aromatic heterocycles. The first-order valence-corrected chi connectivity index (χ1v) is 8.39. The van der Waals surface area contributed by atoms with Crippen molar-refractivity contribution in [1.82, 2.24) is 5.32 Å². The van der Waals surface area contributed by atoms with Gasteiger partial charge in [0.1, 0.15) is 0 Å². The fourth-order valence-electron chi connectivity index (χ4n) is 3.56. The van der Waals surface area contributed by atoms with Crippen LogP contribution in [0.2, 0.25) is 0 Å². The molecule has 0 bridgehead atoms. The van der Waals surface area contributed by atoms with Crippen LogP contribution in [0.3, 0.4) is 0 Å². The smallest absolute Gasteiger partial charge is 0.0357 e. The van der Waals surface area contributed by atoms with Crippen molar-refractivity contribution < 1.29 is 0 Å². The molecular weight excluding hydrogens is 298 g/mol. The molecule has 0 radical (unpaired) electrons. The van der Waals surface area contributed by atoms with Crippen molar-refractivity contribution in [3.05, 3.63) is 33.8 Å². The lowest BCUT2D eigenvalue weighted by Gasteiger charge is -2.35. The molecule has 1 nitrogen and oxygen atoms in total. The fourth-order valence-corrected chi connectivity index (χ4v) is 4.07. The van der Waals surface area contributed by atoms with E-state index in [1.165, 1.54) is 47.7 Å². The van der Waals surface area contributed by atoms with E-state index in [0.717, 1.165) is 11.8 Å². The Morgan fingerprint density at radius 3 is 2.84 bits per heavy atom. The van der Waals surface area contributed by atoms with Crippen molar-refractivity contribution in [2.75, 3.05) is 7.05 Å². The van der Waals surface area contributed by atoms with Crippen LogP contribution in [-0.4, -0.2) is 7.05 Å². The first-order valence-electron chi connectivity index (χ1n) is 7.59. The molecule has 106 valence electrons. The second-order valence-electron chi connectivity index (χ2n) is 5.95. The molecule has 1 saturated carbocycles. The van der Waals surface area contributed by atoms with Gasteiger partial charge in [-0.3, -0.25) is 0 Å². The van der Waals surface area contributed by atoms with Crippen LogP contribution in [0.5, 0.6) is 0 Å². The summed E-state index contributed by atoms with van der Waals surface area (Å²) in [7, 11) is 2.11. The molecule has 3 atom stereocenters. The number of nitrogens with one attached hydrogen (secondary N) is 1. The monoisotopic (exact) mass is 323 g/mol. The van der Waals surface area contributed by atoms with Gasteiger partial charge >= 0.3 is 0 Å². The normalized spacial score (nSPS) is 25.3. The second kappa shape index (κ2) is 6.90. The van der Waals surface area contributed by atoms with Crippen molar-refractivity contribution in [1.29, 1.82) is 0 Å². The van der Waals surface area contributed by atoms with Gasteiger partial charge in [0.2, 0.25) is 0 Å². The van der Waals surface area contributed by atoms with E-state index in [2.05, 4.69) is 60.3 Å². The first-order chi connectivity index (χ1) is 9.17. The van der Waals surface area contributed by atoms with Gasteiger partial charge in [0.15, 0.2) is 0 Å². The van der Waals surface area contributed by atoms with E-state index in [1.807, 2.05) is 0 Å². The molecule has 1 aliphatic rings. The molecule has 2 rings (SSSR count). The number of aryl methyl sites for hydroxylation is 1. The molecule has 0 aliphatic heterocycles. The van der Waals surface area contributed by atoms with Gasteiger partial charge < -0.3 is 5.32 Å². The average molecular weight is 324 g/mol. The van der Waals surface area contributed by atoms with Crippen molar-refractivity contribution in [2.45, 2.75) is 52.0 Å². The molecule has 3 unspecified atom stereocenters. The number of rotatable bonds is 4. The summed E-state index contributed by atoms with van der Waals surface area (Å²) in [5.74, 6) is 1.71. The van der Waals surface area contributed by atoms with Crippen LogP contribution in [0.4, 0.5) is 0 Å². The Balaban J connectivity index is 2.21. The van der Waals surface area contributed by atoms with Crippen LogP contribution in [0.15, 0.2) is 22.7 Å². The predicted molar refractivity (Wildman–Crippen MR) is 86.4 cm³/mol. The summed E-state index contributed by atoms with van der Waals surface area (Å²) < 4.78 is 1.29. The lowest BCUT2D eigenvalue weighted by molar-refractivity contribution is 0.214. The Morgan fingerprint density at radius 2 is 2.16 bits per heavy atom. The Kier molecular flexibility index (Phi) is 5.47. The van der Waals surface area contributed by atoms with Crippen LogP contribution in [-0.2, 0) is 0 Å². The minimum absolute atomic E-state index is 0.489. The van der Waals surface area contributed by atoms with E-state index in [4.69, 9.17) is 0 Å². The molecule has 19 heavy (non-hydrogen) atoms. The molecule has 1 aliphatic carbocycles. The highest BCUT2D eigenvalue weighted by Crippen LogP contribution is 2.40. The fraction of sp³-hybridized carbons (Fsp3) is 0.647. The summed E-state index contributed by atoms with van der Waals surface area (Å²) in [5.41, 5.74) is 2.77. The summed E-state index contributed by atoms with van der Waals surface area (Å²) >= 11 is 3.78. The van der Waals surface area contributed by atoms with Crippen molar-refractivity contribution in [3.8, 4) is 0 Å². The van der Waals surface area contributed by atoms with E-state index in [1.54, 1.807) is 0 Å². The van der Waals surface area contributed by atoms with Crippen LogP contribution in [0.25, 0.3) is 0 Å². The van der Waals surface area contributed by atoms with E-state index >= 15 is 0 Å². The lowest BCUT2D eigenvalue weighted by atomic mass is 9.75. The maximum Gasteiger partial charge on any atom is 0.0357 e. The minimum Gasteiger partial charge on any atom is -0.313 e. The summed E-state index contributed by atoms with van der Waals surface area (Å²) in [6.07, 6.45) is 6.90. The SMILES string of the molecule is CCC1CCCC(C(NC)c2cccc(C)c2Br)C1. The largest absolute Gasteiger partial charge is 0.313 e. The van der Waals surface area contributed by atoms with Crippen LogP contribution >= 0.6 is 15.9 Å². The minimum atomic E-state index is 0.489. The third-order valence-electron chi connectivity index (χ3n) is 4.74. The number of hydrogen-bond donors (Lipinski definition) is 1. The Bertz CT molecular complexity index is 416. The standard InChI is InChI=1S/C17H26BrN/c1-4-13-8-6-9-14(11-13)17(19-3)15-10-5-7-12(2)16(15)18/h5,7,10,13-14,17,19H,4,6,8-9,11H2,1-3H3. The molecule has 2 heteroatoms. The predicted octanol–water partition coefficient (Wildman–Crippen LogP) is 5.23. The van der Waals surface area contributed by atoms with Gasteiger partial charge in [-0.2, -0.15) is 0 Å². The van der Waals surface area contributed by atoms with Gasteiger partial charge in [-0.1, -0.05) is 60.3 Å². The van der Waals surface area contributed by atoms with Crippen LogP contribution < -0.4 is 5.32 Å². The Labute approximate surface area is 126 Å². The van der Waals surface area contributed by atoms with E-state index < -0.39 is 0 Å². The molecule has 0 spiro atoms. The average Bonchev–Trinajstić information content (AvgIpc) is 2.44. The van der Waals surface area contributed by atoms with Crippen LogP contribution in [0, 0.1) is 18.8 Å². The molecule has 1 aromatic carbocycles. The third-order valence-corrected chi connectivity index (χ3v) is 5.82. The van der Waals surface area contributed by atoms with E-state index in [9.17, 15) is 0 Å². The van der Waals surface area contributed by atoms with Crippen molar-refractivity contribution >= 4 is 15.9 Å². The highest BCUT2D eigenvalue weighted by Gasteiger charge is 2.29. The van der Waals surface area contributed by atoms with E-state index in [0.29, 0.717) is 6.04 Å². The highest BCUT2D eigenvalue weighted by atomic mass is 79.9. The zero-order valence-corrected chi connectivity index (χ0v) is 14.0. The molecule has 0 amide bonds. The molecule has 1 N–H and O–H groups in total. The third kappa shape index (κ3) is 3.41. The molecule has 1 aromatic rings. The van der Waals surface area contributed by atoms with Gasteiger partial charge in [0.05, 0.1) is 0 Å². The molecule has 0 saturated heterocycles. The van der Waals surface area contributed by atoms with Gasteiger partial charge in [0, 0.05) is 10.5 Å². The van der Waals surface area contributed by atoms with Gasteiger partial charge in [-0.15, -0.1) is 0 Å². The maximum atomic E-state index is 3.78. The first kappa shape index (κ1) is 15.1. The molecule has 0 heterocycles. The zero-order valence-electron chi connectivity index (χ0n) is 12.4. The number of benzene rings is 1. The second-order valence-corrected chi connectivity index (χ2v) is 6.74. The highest BCUT2D eigenvalue weighted by molar-refractivity contribution is 9.10. The number of halogens is 1. The quantitative estimate of drug-likeness (QED) is 0.799. The Hall–Kier alpha value is -0.340. The summed E-state index contributed by atoms with van der Waals surface area (Å²) in [5, 5.41) is 3.57. The summed E-state index contributed by atoms with van der Waals surface area (Å²) in [6, 6.07) is 7.12. The van der Waals surface area contributed by atoms with Gasteiger partial charge in [-0.05, 0) is 49.8 Å². The van der Waals surface area contributed by atoms with Crippen molar-refractivity contribution in [2.24, 2.45) is 11.8 Å². The van der Waals surface area contributed by atoms with E-state index in [-0.39, 0.29) is 0 Å². The maximum absolute atomic E-state index is 3.78. The van der Waals surface area contributed by atoms with Gasteiger partial charge in [0.25, 0.3) is 0 Å². The summed E-state index contributed by atoms with van der Waals surface area (Å²) in [6.45, 7) is 4.51. The number of hydrogen-bond acceptors (Lipinski definition) is 1. The summed E-state index contributed by atoms with van der Waals surface area (Å²) in [4.78, 5) is 0. The van der Waals surface area contributed by atoms with Crippen LogP contribution in [0.1, 0.15) is 56.2 Å². The van der Waals surface area contributed by atoms with Crippen molar-refractivity contribution in [3.63, 3.8) is 0 Å². The lowest BCUT2D eigenvalue weighted by Crippen LogP contribution is -2.29. The topological polar surface area (TPSA) is 12.0 Å².